The second-order valence-corrected chi connectivity index (χ2v) is 6.14. The van der Waals surface area contributed by atoms with Crippen LogP contribution in [0.25, 0.3) is 0 Å². The summed E-state index contributed by atoms with van der Waals surface area (Å²) in [5.41, 5.74) is 8.51. The smallest absolute Gasteiger partial charge is 0.132 e. The number of nitrogens with one attached hydrogen (secondary N) is 1. The first-order chi connectivity index (χ1) is 9.80. The van der Waals surface area contributed by atoms with Gasteiger partial charge < -0.3 is 10.6 Å². The fraction of sp³-hybridized carbons (Fsp3) is 0.294. The fourth-order valence-corrected chi connectivity index (χ4v) is 2.15. The lowest BCUT2D eigenvalue weighted by Crippen LogP contribution is -2.19. The highest BCUT2D eigenvalue weighted by molar-refractivity contribution is 6.01. The fourth-order valence-electron chi connectivity index (χ4n) is 2.15. The molecule has 0 atom stereocenters. The number of rotatable bonds is 3. The van der Waals surface area contributed by atoms with Gasteiger partial charge in [-0.2, -0.15) is 0 Å². The number of benzene rings is 1. The Bertz CT molecular complexity index is 639. The number of hydrogen-bond donors (Lipinski definition) is 2. The van der Waals surface area contributed by atoms with Crippen molar-refractivity contribution in [3.05, 3.63) is 53.7 Å². The first kappa shape index (κ1) is 15.0. The van der Waals surface area contributed by atoms with Crippen LogP contribution in [0.4, 0.5) is 11.5 Å². The molecule has 2 rings (SSSR count). The van der Waals surface area contributed by atoms with E-state index in [9.17, 15) is 0 Å². The molecule has 21 heavy (non-hydrogen) atoms. The third-order valence-corrected chi connectivity index (χ3v) is 3.51. The van der Waals surface area contributed by atoms with E-state index < -0.39 is 0 Å². The Morgan fingerprint density at radius 3 is 2.33 bits per heavy atom. The summed E-state index contributed by atoms with van der Waals surface area (Å²) in [5, 5.41) is 7.68. The predicted octanol–water partition coefficient (Wildman–Crippen LogP) is 3.43. The van der Waals surface area contributed by atoms with Gasteiger partial charge in [0.2, 0.25) is 0 Å². The summed E-state index contributed by atoms with van der Waals surface area (Å²) in [6.07, 6.45) is 1.90. The van der Waals surface area contributed by atoms with Gasteiger partial charge in [-0.25, -0.2) is 4.98 Å². The zero-order chi connectivity index (χ0) is 15.6. The van der Waals surface area contributed by atoms with Crippen molar-refractivity contribution in [2.75, 3.05) is 11.9 Å². The Hall–Kier alpha value is -2.36. The molecule has 2 aromatic rings. The topological polar surface area (TPSA) is 66.0 Å². The van der Waals surface area contributed by atoms with Crippen molar-refractivity contribution in [1.29, 1.82) is 5.41 Å². The molecule has 110 valence electrons. The quantitative estimate of drug-likeness (QED) is 0.669. The Morgan fingerprint density at radius 2 is 1.81 bits per heavy atom. The standard InChI is InChI=1S/C17H22N4/c1-17(2,3)12-9-10-15(20-11-12)21(4)14-8-6-5-7-13(14)16(18)19/h5-11H,1-4H3,(H3,18,19). The predicted molar refractivity (Wildman–Crippen MR) is 88.5 cm³/mol. The van der Waals surface area contributed by atoms with E-state index in [1.807, 2.05) is 48.5 Å². The van der Waals surface area contributed by atoms with E-state index in [0.717, 1.165) is 11.5 Å². The first-order valence-corrected chi connectivity index (χ1v) is 6.94. The molecule has 0 aliphatic rings. The van der Waals surface area contributed by atoms with Crippen LogP contribution in [-0.4, -0.2) is 17.9 Å². The number of nitrogens with two attached hydrogens (primary N) is 1. The largest absolute Gasteiger partial charge is 0.384 e. The van der Waals surface area contributed by atoms with E-state index in [1.165, 1.54) is 5.56 Å². The maximum Gasteiger partial charge on any atom is 0.132 e. The van der Waals surface area contributed by atoms with Gasteiger partial charge in [-0.3, -0.25) is 5.41 Å². The van der Waals surface area contributed by atoms with Gasteiger partial charge >= 0.3 is 0 Å². The van der Waals surface area contributed by atoms with Crippen LogP contribution in [0, 0.1) is 5.41 Å². The van der Waals surface area contributed by atoms with Crippen molar-refractivity contribution in [2.24, 2.45) is 5.73 Å². The molecule has 0 unspecified atom stereocenters. The minimum Gasteiger partial charge on any atom is -0.384 e. The van der Waals surface area contributed by atoms with E-state index >= 15 is 0 Å². The van der Waals surface area contributed by atoms with Gasteiger partial charge in [0.25, 0.3) is 0 Å². The molecule has 0 saturated carbocycles. The van der Waals surface area contributed by atoms with Crippen LogP contribution in [0.1, 0.15) is 31.9 Å². The van der Waals surface area contributed by atoms with Crippen LogP contribution >= 0.6 is 0 Å². The average molecular weight is 282 g/mol. The summed E-state index contributed by atoms with van der Waals surface area (Å²) in [6, 6.07) is 11.7. The van der Waals surface area contributed by atoms with Crippen molar-refractivity contribution in [3.63, 3.8) is 0 Å². The van der Waals surface area contributed by atoms with Gasteiger partial charge in [0.1, 0.15) is 11.7 Å². The molecule has 0 aliphatic carbocycles. The van der Waals surface area contributed by atoms with Crippen molar-refractivity contribution in [1.82, 2.24) is 4.98 Å². The van der Waals surface area contributed by atoms with Crippen LogP contribution in [0.2, 0.25) is 0 Å². The Labute approximate surface area is 126 Å². The van der Waals surface area contributed by atoms with E-state index in [4.69, 9.17) is 11.1 Å². The van der Waals surface area contributed by atoms with Crippen LogP contribution in [-0.2, 0) is 5.41 Å². The molecule has 0 spiro atoms. The zero-order valence-corrected chi connectivity index (χ0v) is 13.0. The summed E-state index contributed by atoms with van der Waals surface area (Å²) < 4.78 is 0. The van der Waals surface area contributed by atoms with Gasteiger partial charge in [0, 0.05) is 18.8 Å². The second-order valence-electron chi connectivity index (χ2n) is 6.14. The lowest BCUT2D eigenvalue weighted by molar-refractivity contribution is 0.587. The molecule has 0 bridgehead atoms. The molecule has 0 fully saturated rings. The average Bonchev–Trinajstić information content (AvgIpc) is 2.45. The zero-order valence-electron chi connectivity index (χ0n) is 13.0. The molecule has 3 N–H and O–H groups in total. The first-order valence-electron chi connectivity index (χ1n) is 6.94. The minimum absolute atomic E-state index is 0.0590. The third-order valence-electron chi connectivity index (χ3n) is 3.51. The number of para-hydroxylation sites is 1. The summed E-state index contributed by atoms with van der Waals surface area (Å²) in [7, 11) is 1.93. The second kappa shape index (κ2) is 5.56. The van der Waals surface area contributed by atoms with Crippen LogP contribution in [0.15, 0.2) is 42.6 Å². The van der Waals surface area contributed by atoms with Gasteiger partial charge in [0.15, 0.2) is 0 Å². The third kappa shape index (κ3) is 3.21. The normalized spacial score (nSPS) is 11.2. The Morgan fingerprint density at radius 1 is 1.14 bits per heavy atom. The highest BCUT2D eigenvalue weighted by Crippen LogP contribution is 2.27. The maximum atomic E-state index is 7.68. The van der Waals surface area contributed by atoms with E-state index in [-0.39, 0.29) is 11.3 Å². The summed E-state index contributed by atoms with van der Waals surface area (Å²) in [5.74, 6) is 0.889. The number of pyridine rings is 1. The molecule has 0 aliphatic heterocycles. The van der Waals surface area contributed by atoms with Gasteiger partial charge in [-0.15, -0.1) is 0 Å². The van der Waals surface area contributed by atoms with Crippen molar-refractivity contribution >= 4 is 17.3 Å². The summed E-state index contributed by atoms with van der Waals surface area (Å²) in [6.45, 7) is 6.50. The number of hydrogen-bond acceptors (Lipinski definition) is 3. The summed E-state index contributed by atoms with van der Waals surface area (Å²) in [4.78, 5) is 6.48. The van der Waals surface area contributed by atoms with Crippen LogP contribution in [0.3, 0.4) is 0 Å². The highest BCUT2D eigenvalue weighted by atomic mass is 15.2. The molecule has 0 radical (unpaired) electrons. The lowest BCUT2D eigenvalue weighted by Gasteiger charge is -2.23. The lowest BCUT2D eigenvalue weighted by atomic mass is 9.88. The maximum absolute atomic E-state index is 7.68. The molecule has 4 nitrogen and oxygen atoms in total. The number of nitrogens with zero attached hydrogens (tertiary/aromatic N) is 2. The number of nitrogen functional groups attached to an aromatic ring is 1. The van der Waals surface area contributed by atoms with E-state index in [2.05, 4.69) is 31.8 Å². The van der Waals surface area contributed by atoms with Crippen LogP contribution < -0.4 is 10.6 Å². The monoisotopic (exact) mass is 282 g/mol. The van der Waals surface area contributed by atoms with Crippen molar-refractivity contribution in [3.8, 4) is 0 Å². The summed E-state index contributed by atoms with van der Waals surface area (Å²) >= 11 is 0. The highest BCUT2D eigenvalue weighted by Gasteiger charge is 2.16. The SMILES string of the molecule is CN(c1ccc(C(C)(C)C)cn1)c1ccccc1C(=N)N. The molecule has 1 heterocycles. The van der Waals surface area contributed by atoms with Crippen molar-refractivity contribution in [2.45, 2.75) is 26.2 Å². The molecule has 4 heteroatoms. The van der Waals surface area contributed by atoms with Gasteiger partial charge in [0.05, 0.1) is 5.69 Å². The van der Waals surface area contributed by atoms with Gasteiger partial charge in [-0.05, 0) is 29.2 Å². The molecule has 1 aromatic carbocycles. The van der Waals surface area contributed by atoms with E-state index in [1.54, 1.807) is 0 Å². The Kier molecular flexibility index (Phi) is 3.98. The number of anilines is 2. The van der Waals surface area contributed by atoms with Crippen molar-refractivity contribution < 1.29 is 0 Å². The Balaban J connectivity index is 2.37. The van der Waals surface area contributed by atoms with E-state index in [0.29, 0.717) is 5.56 Å². The number of aromatic nitrogens is 1. The number of amidine groups is 1. The van der Waals surface area contributed by atoms with Crippen LogP contribution in [0.5, 0.6) is 0 Å². The van der Waals surface area contributed by atoms with Gasteiger partial charge in [-0.1, -0.05) is 39.0 Å². The minimum atomic E-state index is 0.0590. The molecule has 0 amide bonds. The molecular weight excluding hydrogens is 260 g/mol. The molecular formula is C17H22N4. The molecule has 0 saturated heterocycles. The molecule has 1 aromatic heterocycles.